The van der Waals surface area contributed by atoms with Crippen molar-refractivity contribution in [1.29, 1.82) is 0 Å². The van der Waals surface area contributed by atoms with Gasteiger partial charge in [-0.15, -0.1) is 0 Å². The lowest BCUT2D eigenvalue weighted by Crippen LogP contribution is -2.44. The fraction of sp³-hybridized carbons (Fsp3) is 0.192. The monoisotopic (exact) mass is 464 g/mol. The highest BCUT2D eigenvalue weighted by atomic mass is 16.1. The summed E-state index contributed by atoms with van der Waals surface area (Å²) in [5.74, 6) is 1.10. The quantitative estimate of drug-likeness (QED) is 0.419. The normalized spacial score (nSPS) is 14.5. The molecule has 1 aliphatic rings. The summed E-state index contributed by atoms with van der Waals surface area (Å²) in [5.41, 5.74) is 3.85. The van der Waals surface area contributed by atoms with Crippen LogP contribution in [0.25, 0.3) is 33.2 Å². The molecule has 0 atom stereocenters. The van der Waals surface area contributed by atoms with Gasteiger partial charge in [0.15, 0.2) is 5.65 Å². The number of anilines is 2. The third kappa shape index (κ3) is 4.29. The van der Waals surface area contributed by atoms with E-state index in [-0.39, 0.29) is 5.91 Å². The first-order chi connectivity index (χ1) is 17.1. The zero-order valence-electron chi connectivity index (χ0n) is 19.3. The molecule has 1 saturated heterocycles. The second kappa shape index (κ2) is 8.77. The van der Waals surface area contributed by atoms with Crippen LogP contribution in [0, 0.1) is 0 Å². The standard InChI is InChI=1S/C26H24N8O/c1-33-8-10-34(11-9-33)24-14-18(4-6-27-24)26(35)32-23-13-20-12-17(2-3-19(20)15-30-23)22-16-29-21-5-7-28-25(21)31-22/h2-7,12-16H,8-11H2,1H3,(H,28,31)(H,30,32,35). The number of amides is 1. The van der Waals surface area contributed by atoms with Crippen molar-refractivity contribution < 1.29 is 4.79 Å². The zero-order valence-corrected chi connectivity index (χ0v) is 19.3. The van der Waals surface area contributed by atoms with Crippen LogP contribution in [0.1, 0.15) is 10.4 Å². The molecule has 1 fully saturated rings. The Morgan fingerprint density at radius 1 is 0.943 bits per heavy atom. The first kappa shape index (κ1) is 21.2. The van der Waals surface area contributed by atoms with Gasteiger partial charge in [-0.3, -0.25) is 9.78 Å². The second-order valence-corrected chi connectivity index (χ2v) is 8.75. The lowest BCUT2D eigenvalue weighted by atomic mass is 10.1. The number of pyridine rings is 2. The molecule has 1 aromatic carbocycles. The van der Waals surface area contributed by atoms with Gasteiger partial charge in [0.05, 0.1) is 11.9 Å². The third-order valence-electron chi connectivity index (χ3n) is 6.36. The molecule has 0 radical (unpaired) electrons. The number of aromatic nitrogens is 5. The SMILES string of the molecule is CN1CCN(c2cc(C(=O)Nc3cc4cc(-c5cnc6cc[nH]c6n5)ccc4cn3)ccn2)CC1. The zero-order chi connectivity index (χ0) is 23.8. The van der Waals surface area contributed by atoms with Crippen molar-refractivity contribution >= 4 is 39.5 Å². The highest BCUT2D eigenvalue weighted by molar-refractivity contribution is 6.05. The molecule has 174 valence electrons. The maximum Gasteiger partial charge on any atom is 0.257 e. The van der Waals surface area contributed by atoms with E-state index in [2.05, 4.69) is 47.1 Å². The number of rotatable bonds is 4. The highest BCUT2D eigenvalue weighted by Crippen LogP contribution is 2.25. The fourth-order valence-electron chi connectivity index (χ4n) is 4.29. The van der Waals surface area contributed by atoms with E-state index in [0.29, 0.717) is 11.4 Å². The van der Waals surface area contributed by atoms with Crippen molar-refractivity contribution in [3.63, 3.8) is 0 Å². The predicted molar refractivity (Wildman–Crippen MR) is 137 cm³/mol. The predicted octanol–water partition coefficient (Wildman–Crippen LogP) is 3.57. The molecule has 9 nitrogen and oxygen atoms in total. The Morgan fingerprint density at radius 2 is 1.83 bits per heavy atom. The number of nitrogens with zero attached hydrogens (tertiary/aromatic N) is 6. The van der Waals surface area contributed by atoms with Crippen molar-refractivity contribution in [2.24, 2.45) is 0 Å². The number of benzene rings is 1. The minimum atomic E-state index is -0.214. The largest absolute Gasteiger partial charge is 0.354 e. The summed E-state index contributed by atoms with van der Waals surface area (Å²) in [6, 6.07) is 13.4. The fourth-order valence-corrected chi connectivity index (χ4v) is 4.29. The van der Waals surface area contributed by atoms with E-state index in [1.165, 1.54) is 0 Å². The minimum absolute atomic E-state index is 0.214. The van der Waals surface area contributed by atoms with Gasteiger partial charge in [0.25, 0.3) is 5.91 Å². The van der Waals surface area contributed by atoms with Gasteiger partial charge in [-0.1, -0.05) is 12.1 Å². The maximum absolute atomic E-state index is 13.0. The number of piperazine rings is 1. The van der Waals surface area contributed by atoms with E-state index >= 15 is 0 Å². The molecular formula is C26H24N8O. The van der Waals surface area contributed by atoms with Gasteiger partial charge in [-0.05, 0) is 42.8 Å². The van der Waals surface area contributed by atoms with Crippen LogP contribution in [0.5, 0.6) is 0 Å². The van der Waals surface area contributed by atoms with Crippen molar-refractivity contribution in [1.82, 2.24) is 29.8 Å². The molecule has 2 N–H and O–H groups in total. The summed E-state index contributed by atoms with van der Waals surface area (Å²) in [4.78, 5) is 38.6. The summed E-state index contributed by atoms with van der Waals surface area (Å²) < 4.78 is 0. The highest BCUT2D eigenvalue weighted by Gasteiger charge is 2.17. The van der Waals surface area contributed by atoms with Crippen LogP contribution >= 0.6 is 0 Å². The van der Waals surface area contributed by atoms with Crippen LogP contribution in [0.2, 0.25) is 0 Å². The topological polar surface area (TPSA) is 103 Å². The van der Waals surface area contributed by atoms with Crippen molar-refractivity contribution in [2.75, 3.05) is 43.4 Å². The smallest absolute Gasteiger partial charge is 0.257 e. The molecule has 0 aliphatic carbocycles. The van der Waals surface area contributed by atoms with E-state index in [9.17, 15) is 4.79 Å². The van der Waals surface area contributed by atoms with Gasteiger partial charge in [-0.2, -0.15) is 0 Å². The van der Waals surface area contributed by atoms with Crippen molar-refractivity contribution in [2.45, 2.75) is 0 Å². The van der Waals surface area contributed by atoms with Gasteiger partial charge in [0.1, 0.15) is 17.2 Å². The molecule has 0 spiro atoms. The molecule has 5 aromatic rings. The molecule has 35 heavy (non-hydrogen) atoms. The molecule has 0 bridgehead atoms. The number of carbonyl (C=O) groups is 1. The lowest BCUT2D eigenvalue weighted by Gasteiger charge is -2.33. The Kier molecular flexibility index (Phi) is 5.31. The molecule has 1 aliphatic heterocycles. The molecule has 0 unspecified atom stereocenters. The van der Waals surface area contributed by atoms with E-state index in [0.717, 1.165) is 65.2 Å². The van der Waals surface area contributed by atoms with E-state index < -0.39 is 0 Å². The molecule has 5 heterocycles. The summed E-state index contributed by atoms with van der Waals surface area (Å²) >= 11 is 0. The third-order valence-corrected chi connectivity index (χ3v) is 6.36. The van der Waals surface area contributed by atoms with Crippen molar-refractivity contribution in [3.05, 3.63) is 72.8 Å². The Morgan fingerprint density at radius 3 is 2.71 bits per heavy atom. The molecule has 9 heteroatoms. The van der Waals surface area contributed by atoms with Gasteiger partial charge in [0, 0.05) is 61.3 Å². The van der Waals surface area contributed by atoms with E-state index in [1.807, 2.05) is 42.6 Å². The van der Waals surface area contributed by atoms with Crippen LogP contribution in [0.15, 0.2) is 67.3 Å². The van der Waals surface area contributed by atoms with Crippen molar-refractivity contribution in [3.8, 4) is 11.3 Å². The lowest BCUT2D eigenvalue weighted by molar-refractivity contribution is 0.102. The van der Waals surface area contributed by atoms with Gasteiger partial charge in [0.2, 0.25) is 0 Å². The average molecular weight is 465 g/mol. The summed E-state index contributed by atoms with van der Waals surface area (Å²) in [6.45, 7) is 3.74. The van der Waals surface area contributed by atoms with Crippen LogP contribution in [0.3, 0.4) is 0 Å². The number of hydrogen-bond donors (Lipinski definition) is 2. The number of nitrogens with one attached hydrogen (secondary N) is 2. The Labute approximate surface area is 201 Å². The number of fused-ring (bicyclic) bond motifs is 2. The first-order valence-corrected chi connectivity index (χ1v) is 11.5. The van der Waals surface area contributed by atoms with Gasteiger partial charge in [-0.25, -0.2) is 15.0 Å². The summed E-state index contributed by atoms with van der Waals surface area (Å²) in [7, 11) is 2.11. The molecular weight excluding hydrogens is 440 g/mol. The second-order valence-electron chi connectivity index (χ2n) is 8.75. The van der Waals surface area contributed by atoms with Crippen LogP contribution in [-0.4, -0.2) is 69.0 Å². The maximum atomic E-state index is 13.0. The number of H-pyrrole nitrogens is 1. The number of hydrogen-bond acceptors (Lipinski definition) is 7. The molecule has 4 aromatic heterocycles. The van der Waals surface area contributed by atoms with Crippen LogP contribution in [-0.2, 0) is 0 Å². The van der Waals surface area contributed by atoms with Gasteiger partial charge < -0.3 is 20.1 Å². The summed E-state index contributed by atoms with van der Waals surface area (Å²) in [6.07, 6.45) is 7.04. The number of carbonyl (C=O) groups excluding carboxylic acids is 1. The van der Waals surface area contributed by atoms with Crippen LogP contribution < -0.4 is 10.2 Å². The van der Waals surface area contributed by atoms with E-state index in [4.69, 9.17) is 0 Å². The minimum Gasteiger partial charge on any atom is -0.354 e. The Balaban J connectivity index is 1.24. The van der Waals surface area contributed by atoms with E-state index in [1.54, 1.807) is 24.7 Å². The van der Waals surface area contributed by atoms with Crippen LogP contribution in [0.4, 0.5) is 11.6 Å². The van der Waals surface area contributed by atoms with Gasteiger partial charge >= 0.3 is 0 Å². The average Bonchev–Trinajstić information content (AvgIpc) is 3.37. The first-order valence-electron chi connectivity index (χ1n) is 11.5. The molecule has 1 amide bonds. The summed E-state index contributed by atoms with van der Waals surface area (Å²) in [5, 5.41) is 4.86. The number of aromatic amines is 1. The molecule has 6 rings (SSSR count). The Hall–Kier alpha value is -4.37. The molecule has 0 saturated carbocycles. The number of likely N-dealkylation sites (N-methyl/N-ethyl adjacent to an activating group) is 1. The Bertz CT molecular complexity index is 1540.